The van der Waals surface area contributed by atoms with Crippen LogP contribution in [0.1, 0.15) is 19.5 Å². The molecule has 90 valence electrons. The first kappa shape index (κ1) is 13.5. The highest BCUT2D eigenvalue weighted by Crippen LogP contribution is 2.23. The van der Waals surface area contributed by atoms with Crippen LogP contribution in [0.5, 0.6) is 0 Å². The number of allylic oxidation sites excluding steroid dienone is 5. The third-order valence-electron chi connectivity index (χ3n) is 2.12. The van der Waals surface area contributed by atoms with Crippen LogP contribution in [0.25, 0.3) is 5.57 Å². The quantitative estimate of drug-likeness (QED) is 0.465. The maximum absolute atomic E-state index is 5.85. The molecular weight excluding hydrogens is 236 g/mol. The molecule has 0 saturated heterocycles. The lowest BCUT2D eigenvalue weighted by atomic mass is 10.1. The van der Waals surface area contributed by atoms with Gasteiger partial charge in [0.1, 0.15) is 17.2 Å². The first-order valence-corrected chi connectivity index (χ1v) is 5.62. The molecule has 0 radical (unpaired) electrons. The summed E-state index contributed by atoms with van der Waals surface area (Å²) >= 11 is 5.85. The zero-order chi connectivity index (χ0) is 12.7. The Morgan fingerprint density at radius 3 is 2.65 bits per heavy atom. The van der Waals surface area contributed by atoms with Crippen LogP contribution in [0.2, 0.25) is 5.15 Å². The SMILES string of the molecule is C\C=C/C=C(OC)\C(=C/C)c1cc(Cl)ncn1. The molecule has 0 unspecified atom stereocenters. The molecule has 0 fully saturated rings. The lowest BCUT2D eigenvalue weighted by Crippen LogP contribution is -1.96. The van der Waals surface area contributed by atoms with Crippen molar-refractivity contribution in [3.05, 3.63) is 53.3 Å². The second-order valence-electron chi connectivity index (χ2n) is 3.19. The van der Waals surface area contributed by atoms with E-state index in [-0.39, 0.29) is 0 Å². The molecule has 17 heavy (non-hydrogen) atoms. The zero-order valence-electron chi connectivity index (χ0n) is 10.1. The van der Waals surface area contributed by atoms with E-state index in [1.807, 2.05) is 38.2 Å². The van der Waals surface area contributed by atoms with Gasteiger partial charge in [0.2, 0.25) is 0 Å². The number of aromatic nitrogens is 2. The van der Waals surface area contributed by atoms with Gasteiger partial charge in [0.05, 0.1) is 12.8 Å². The van der Waals surface area contributed by atoms with Crippen molar-refractivity contribution in [1.29, 1.82) is 0 Å². The number of ether oxygens (including phenoxy) is 1. The highest BCUT2D eigenvalue weighted by molar-refractivity contribution is 6.29. The summed E-state index contributed by atoms with van der Waals surface area (Å²) in [6.45, 7) is 3.87. The lowest BCUT2D eigenvalue weighted by Gasteiger charge is -2.09. The van der Waals surface area contributed by atoms with Crippen molar-refractivity contribution in [2.24, 2.45) is 0 Å². The van der Waals surface area contributed by atoms with Crippen molar-refractivity contribution in [2.75, 3.05) is 7.11 Å². The normalized spacial score (nSPS) is 13.2. The predicted octanol–water partition coefficient (Wildman–Crippen LogP) is 3.64. The first-order chi connectivity index (χ1) is 8.22. The van der Waals surface area contributed by atoms with Crippen molar-refractivity contribution in [3.63, 3.8) is 0 Å². The van der Waals surface area contributed by atoms with E-state index in [0.29, 0.717) is 5.15 Å². The summed E-state index contributed by atoms with van der Waals surface area (Å²) in [7, 11) is 1.63. The monoisotopic (exact) mass is 250 g/mol. The summed E-state index contributed by atoms with van der Waals surface area (Å²) < 4.78 is 5.34. The Kier molecular flexibility index (Phi) is 5.43. The van der Waals surface area contributed by atoms with Gasteiger partial charge in [-0.3, -0.25) is 0 Å². The molecule has 0 amide bonds. The fourth-order valence-corrected chi connectivity index (χ4v) is 1.50. The molecule has 0 aliphatic rings. The van der Waals surface area contributed by atoms with E-state index >= 15 is 0 Å². The topological polar surface area (TPSA) is 35.0 Å². The molecule has 0 atom stereocenters. The van der Waals surface area contributed by atoms with Crippen LogP contribution in [-0.2, 0) is 4.74 Å². The molecular formula is C13H15ClN2O. The average Bonchev–Trinajstić information content (AvgIpc) is 2.34. The van der Waals surface area contributed by atoms with Crippen LogP contribution in [-0.4, -0.2) is 17.1 Å². The van der Waals surface area contributed by atoms with E-state index in [4.69, 9.17) is 16.3 Å². The first-order valence-electron chi connectivity index (χ1n) is 5.24. The predicted molar refractivity (Wildman–Crippen MR) is 70.6 cm³/mol. The number of nitrogens with zero attached hydrogens (tertiary/aromatic N) is 2. The van der Waals surface area contributed by atoms with Crippen LogP contribution in [0.15, 0.2) is 42.5 Å². The van der Waals surface area contributed by atoms with Gasteiger partial charge >= 0.3 is 0 Å². The molecule has 0 bridgehead atoms. The highest BCUT2D eigenvalue weighted by Gasteiger charge is 2.09. The van der Waals surface area contributed by atoms with Gasteiger partial charge in [0, 0.05) is 11.6 Å². The lowest BCUT2D eigenvalue weighted by molar-refractivity contribution is 0.311. The molecule has 1 aromatic heterocycles. The third kappa shape index (κ3) is 3.71. The van der Waals surface area contributed by atoms with Crippen LogP contribution in [0, 0.1) is 0 Å². The van der Waals surface area contributed by atoms with Crippen molar-refractivity contribution in [1.82, 2.24) is 9.97 Å². The van der Waals surface area contributed by atoms with Crippen molar-refractivity contribution < 1.29 is 4.74 Å². The molecule has 4 heteroatoms. The summed E-state index contributed by atoms with van der Waals surface area (Å²) in [6, 6.07) is 1.71. The van der Waals surface area contributed by atoms with Crippen LogP contribution >= 0.6 is 11.6 Å². The Morgan fingerprint density at radius 2 is 2.12 bits per heavy atom. The summed E-state index contributed by atoms with van der Waals surface area (Å²) in [5, 5.41) is 0.413. The van der Waals surface area contributed by atoms with E-state index in [2.05, 4.69) is 9.97 Å². The summed E-state index contributed by atoms with van der Waals surface area (Å²) in [5.41, 5.74) is 1.63. The van der Waals surface area contributed by atoms with Crippen molar-refractivity contribution in [3.8, 4) is 0 Å². The van der Waals surface area contributed by atoms with Crippen LogP contribution in [0.3, 0.4) is 0 Å². The Balaban J connectivity index is 3.15. The standard InChI is InChI=1S/C13H15ClN2O/c1-4-6-7-12(17-3)10(5-2)11-8-13(14)16-9-15-11/h4-9H,1-3H3/b6-4-,10-5-,12-7+. The molecule has 0 saturated carbocycles. The number of halogens is 1. The zero-order valence-corrected chi connectivity index (χ0v) is 10.9. The second-order valence-corrected chi connectivity index (χ2v) is 3.58. The minimum atomic E-state index is 0.413. The van der Waals surface area contributed by atoms with Gasteiger partial charge < -0.3 is 4.74 Å². The maximum Gasteiger partial charge on any atom is 0.133 e. The highest BCUT2D eigenvalue weighted by atomic mass is 35.5. The smallest absolute Gasteiger partial charge is 0.133 e. The van der Waals surface area contributed by atoms with Gasteiger partial charge in [0.25, 0.3) is 0 Å². The largest absolute Gasteiger partial charge is 0.496 e. The van der Waals surface area contributed by atoms with E-state index in [0.717, 1.165) is 17.0 Å². The summed E-state index contributed by atoms with van der Waals surface area (Å²) in [5.74, 6) is 0.736. The van der Waals surface area contributed by atoms with Gasteiger partial charge in [-0.25, -0.2) is 9.97 Å². The van der Waals surface area contributed by atoms with Crippen molar-refractivity contribution >= 4 is 17.2 Å². The van der Waals surface area contributed by atoms with Gasteiger partial charge in [-0.2, -0.15) is 0 Å². The summed E-state index contributed by atoms with van der Waals surface area (Å²) in [6.07, 6.45) is 9.08. The fourth-order valence-electron chi connectivity index (χ4n) is 1.35. The molecule has 0 spiro atoms. The van der Waals surface area contributed by atoms with E-state index in [9.17, 15) is 0 Å². The molecule has 1 aromatic rings. The fraction of sp³-hybridized carbons (Fsp3) is 0.231. The molecule has 3 nitrogen and oxygen atoms in total. The Morgan fingerprint density at radius 1 is 1.35 bits per heavy atom. The van der Waals surface area contributed by atoms with E-state index in [1.54, 1.807) is 13.2 Å². The Hall–Kier alpha value is -1.61. The molecule has 0 aromatic carbocycles. The second kappa shape index (κ2) is 6.86. The number of hydrogen-bond donors (Lipinski definition) is 0. The molecule has 1 heterocycles. The molecule has 0 N–H and O–H groups in total. The maximum atomic E-state index is 5.85. The van der Waals surface area contributed by atoms with Crippen LogP contribution < -0.4 is 0 Å². The average molecular weight is 251 g/mol. The summed E-state index contributed by atoms with van der Waals surface area (Å²) in [4.78, 5) is 8.04. The Bertz CT molecular complexity index is 464. The number of methoxy groups -OCH3 is 1. The minimum absolute atomic E-state index is 0.413. The number of rotatable bonds is 4. The third-order valence-corrected chi connectivity index (χ3v) is 2.33. The minimum Gasteiger partial charge on any atom is -0.496 e. The Labute approximate surface area is 107 Å². The van der Waals surface area contributed by atoms with Gasteiger partial charge in [-0.05, 0) is 19.9 Å². The van der Waals surface area contributed by atoms with E-state index in [1.165, 1.54) is 6.33 Å². The number of hydrogen-bond acceptors (Lipinski definition) is 3. The van der Waals surface area contributed by atoms with Crippen LogP contribution in [0.4, 0.5) is 0 Å². The van der Waals surface area contributed by atoms with Gasteiger partial charge in [-0.1, -0.05) is 29.8 Å². The van der Waals surface area contributed by atoms with E-state index < -0.39 is 0 Å². The van der Waals surface area contributed by atoms with Crippen molar-refractivity contribution in [2.45, 2.75) is 13.8 Å². The van der Waals surface area contributed by atoms with Gasteiger partial charge in [-0.15, -0.1) is 0 Å². The van der Waals surface area contributed by atoms with Gasteiger partial charge in [0.15, 0.2) is 0 Å². The molecule has 0 aliphatic carbocycles. The molecule has 0 aliphatic heterocycles. The molecule has 1 rings (SSSR count).